The number of nitro benzene ring substituents is 1. The van der Waals surface area contributed by atoms with Crippen molar-refractivity contribution < 1.29 is 32.8 Å². The second-order valence-electron chi connectivity index (χ2n) is 5.15. The molecule has 0 unspecified atom stereocenters. The Morgan fingerprint density at radius 3 is 2.75 bits per heavy atom. The summed E-state index contributed by atoms with van der Waals surface area (Å²) < 4.78 is 33.8. The van der Waals surface area contributed by atoms with Gasteiger partial charge >= 0.3 is 6.61 Å². The maximum Gasteiger partial charge on any atom is 0.387 e. The number of benzene rings is 2. The summed E-state index contributed by atoms with van der Waals surface area (Å²) >= 11 is 0. The van der Waals surface area contributed by atoms with Gasteiger partial charge in [0.15, 0.2) is 18.1 Å². The molecule has 0 heterocycles. The summed E-state index contributed by atoms with van der Waals surface area (Å²) in [6.07, 6.45) is 1.25. The van der Waals surface area contributed by atoms with Crippen molar-refractivity contribution in [3.63, 3.8) is 0 Å². The van der Waals surface area contributed by atoms with E-state index < -0.39 is 24.0 Å². The molecule has 28 heavy (non-hydrogen) atoms. The largest absolute Gasteiger partial charge is 0.493 e. The lowest BCUT2D eigenvalue weighted by molar-refractivity contribution is -0.384. The van der Waals surface area contributed by atoms with Crippen LogP contribution in [0.25, 0.3) is 0 Å². The number of nitrogens with zero attached hydrogens (tertiary/aromatic N) is 2. The number of hydrogen-bond acceptors (Lipinski definition) is 7. The summed E-state index contributed by atoms with van der Waals surface area (Å²) in [6.45, 7) is -3.43. The Hall–Kier alpha value is -3.76. The van der Waals surface area contributed by atoms with E-state index in [-0.39, 0.29) is 22.9 Å². The first kappa shape index (κ1) is 20.6. The number of carbonyl (C=O) groups is 1. The third kappa shape index (κ3) is 6.20. The number of anilines is 1. The van der Waals surface area contributed by atoms with Crippen LogP contribution < -0.4 is 14.8 Å². The van der Waals surface area contributed by atoms with Crippen molar-refractivity contribution in [2.45, 2.75) is 6.61 Å². The molecule has 0 spiro atoms. The molecule has 1 N–H and O–H groups in total. The summed E-state index contributed by atoms with van der Waals surface area (Å²) in [4.78, 5) is 26.7. The van der Waals surface area contributed by atoms with Crippen molar-refractivity contribution in [3.8, 4) is 11.5 Å². The van der Waals surface area contributed by atoms with E-state index in [0.717, 1.165) is 0 Å². The van der Waals surface area contributed by atoms with Gasteiger partial charge in [-0.3, -0.25) is 14.9 Å². The van der Waals surface area contributed by atoms with Crippen LogP contribution in [0.15, 0.2) is 47.6 Å². The minimum absolute atomic E-state index is 0.0765. The van der Waals surface area contributed by atoms with Gasteiger partial charge in [-0.05, 0) is 24.3 Å². The predicted molar refractivity (Wildman–Crippen MR) is 94.9 cm³/mol. The highest BCUT2D eigenvalue weighted by Crippen LogP contribution is 2.28. The van der Waals surface area contributed by atoms with Crippen LogP contribution in [0.5, 0.6) is 11.5 Å². The van der Waals surface area contributed by atoms with Crippen LogP contribution in [0.4, 0.5) is 20.2 Å². The molecule has 148 valence electrons. The SMILES string of the molecule is COc1cc(/C=N/OCC(=O)Nc2cccc([N+](=O)[O-])c2)ccc1OC(F)F. The number of ether oxygens (including phenoxy) is 2. The number of nitro groups is 1. The average molecular weight is 395 g/mol. The van der Waals surface area contributed by atoms with Crippen LogP contribution in [0.1, 0.15) is 5.56 Å². The number of hydrogen-bond donors (Lipinski definition) is 1. The monoisotopic (exact) mass is 395 g/mol. The van der Waals surface area contributed by atoms with Crippen LogP contribution in [0.3, 0.4) is 0 Å². The van der Waals surface area contributed by atoms with E-state index in [4.69, 9.17) is 9.57 Å². The zero-order chi connectivity index (χ0) is 20.5. The summed E-state index contributed by atoms with van der Waals surface area (Å²) in [7, 11) is 1.29. The van der Waals surface area contributed by atoms with Crippen molar-refractivity contribution in [2.75, 3.05) is 19.0 Å². The molecule has 2 aromatic rings. The maximum atomic E-state index is 12.3. The zero-order valence-corrected chi connectivity index (χ0v) is 14.5. The Balaban J connectivity index is 1.88. The number of nitrogens with one attached hydrogen (secondary N) is 1. The highest BCUT2D eigenvalue weighted by Gasteiger charge is 2.11. The maximum absolute atomic E-state index is 12.3. The van der Waals surface area contributed by atoms with Crippen molar-refractivity contribution in [1.82, 2.24) is 0 Å². The molecule has 0 bridgehead atoms. The molecule has 0 saturated heterocycles. The zero-order valence-electron chi connectivity index (χ0n) is 14.5. The van der Waals surface area contributed by atoms with Gasteiger partial charge < -0.3 is 19.6 Å². The van der Waals surface area contributed by atoms with Crippen molar-refractivity contribution in [2.24, 2.45) is 5.16 Å². The first-order chi connectivity index (χ1) is 13.4. The molecule has 0 aromatic heterocycles. The van der Waals surface area contributed by atoms with Gasteiger partial charge in [0.2, 0.25) is 0 Å². The van der Waals surface area contributed by atoms with E-state index in [1.165, 1.54) is 55.8 Å². The lowest BCUT2D eigenvalue weighted by Gasteiger charge is -2.09. The van der Waals surface area contributed by atoms with E-state index in [9.17, 15) is 23.7 Å². The summed E-state index contributed by atoms with van der Waals surface area (Å²) in [5.74, 6) is -0.629. The van der Waals surface area contributed by atoms with Crippen LogP contribution in [-0.2, 0) is 9.63 Å². The van der Waals surface area contributed by atoms with Crippen LogP contribution >= 0.6 is 0 Å². The average Bonchev–Trinajstić information content (AvgIpc) is 2.66. The third-order valence-electron chi connectivity index (χ3n) is 3.22. The van der Waals surface area contributed by atoms with Crippen molar-refractivity contribution in [1.29, 1.82) is 0 Å². The highest BCUT2D eigenvalue weighted by molar-refractivity contribution is 5.92. The molecule has 0 aliphatic carbocycles. The predicted octanol–water partition coefficient (Wildman–Crippen LogP) is 3.19. The van der Waals surface area contributed by atoms with Gasteiger partial charge in [-0.25, -0.2) is 0 Å². The fourth-order valence-electron chi connectivity index (χ4n) is 2.05. The standard InChI is InChI=1S/C17H15F2N3O6/c1-26-15-7-11(5-6-14(15)28-17(18)19)9-20-27-10-16(23)21-12-3-2-4-13(8-12)22(24)25/h2-9,17H,10H2,1H3,(H,21,23)/b20-9+. The molecule has 2 aromatic carbocycles. The smallest absolute Gasteiger partial charge is 0.387 e. The molecule has 0 aliphatic rings. The van der Waals surface area contributed by atoms with E-state index in [1.807, 2.05) is 0 Å². The third-order valence-corrected chi connectivity index (χ3v) is 3.22. The molecule has 0 saturated carbocycles. The van der Waals surface area contributed by atoms with Crippen molar-refractivity contribution in [3.05, 3.63) is 58.1 Å². The van der Waals surface area contributed by atoms with Gasteiger partial charge in [-0.15, -0.1) is 0 Å². The minimum atomic E-state index is -2.98. The fourth-order valence-corrected chi connectivity index (χ4v) is 2.05. The quantitative estimate of drug-likeness (QED) is 0.396. The Kier molecular flexibility index (Phi) is 7.20. The number of non-ortho nitro benzene ring substituents is 1. The van der Waals surface area contributed by atoms with Gasteiger partial charge in [0.05, 0.1) is 18.2 Å². The summed E-state index contributed by atoms with van der Waals surface area (Å²) in [5, 5.41) is 16.7. The Morgan fingerprint density at radius 2 is 2.07 bits per heavy atom. The van der Waals surface area contributed by atoms with Crippen molar-refractivity contribution >= 4 is 23.5 Å². The highest BCUT2D eigenvalue weighted by atomic mass is 19.3. The number of alkyl halides is 2. The molecule has 0 fully saturated rings. The van der Waals surface area contributed by atoms with E-state index in [2.05, 4.69) is 15.2 Å². The number of methoxy groups -OCH3 is 1. The summed E-state index contributed by atoms with van der Waals surface area (Å²) in [6, 6.07) is 9.54. The number of halogens is 2. The van der Waals surface area contributed by atoms with Crippen LogP contribution in [0.2, 0.25) is 0 Å². The van der Waals surface area contributed by atoms with E-state index in [1.54, 1.807) is 0 Å². The van der Waals surface area contributed by atoms with E-state index in [0.29, 0.717) is 5.56 Å². The Labute approximate surface area is 157 Å². The van der Waals surface area contributed by atoms with Gasteiger partial charge in [0.25, 0.3) is 11.6 Å². The van der Waals surface area contributed by atoms with E-state index >= 15 is 0 Å². The minimum Gasteiger partial charge on any atom is -0.493 e. The first-order valence-corrected chi connectivity index (χ1v) is 7.71. The molecule has 9 nitrogen and oxygen atoms in total. The number of rotatable bonds is 9. The fraction of sp³-hybridized carbons (Fsp3) is 0.176. The normalized spacial score (nSPS) is 10.7. The number of carbonyl (C=O) groups excluding carboxylic acids is 1. The molecule has 11 heteroatoms. The first-order valence-electron chi connectivity index (χ1n) is 7.71. The van der Waals surface area contributed by atoms with Gasteiger partial charge in [0.1, 0.15) is 0 Å². The molecule has 1 amide bonds. The second-order valence-corrected chi connectivity index (χ2v) is 5.15. The lowest BCUT2D eigenvalue weighted by Crippen LogP contribution is -2.17. The Morgan fingerprint density at radius 1 is 1.29 bits per heavy atom. The lowest BCUT2D eigenvalue weighted by atomic mass is 10.2. The van der Waals surface area contributed by atoms with Crippen LogP contribution in [-0.4, -0.2) is 37.4 Å². The number of oxime groups is 1. The molecule has 0 radical (unpaired) electrons. The summed E-state index contributed by atoms with van der Waals surface area (Å²) in [5.41, 5.74) is 0.536. The van der Waals surface area contributed by atoms with Gasteiger partial charge in [-0.2, -0.15) is 8.78 Å². The molecular weight excluding hydrogens is 380 g/mol. The number of amides is 1. The van der Waals surface area contributed by atoms with Gasteiger partial charge in [-0.1, -0.05) is 11.2 Å². The topological polar surface area (TPSA) is 112 Å². The molecule has 0 aliphatic heterocycles. The van der Waals surface area contributed by atoms with Crippen LogP contribution in [0, 0.1) is 10.1 Å². The second kappa shape index (κ2) is 9.80. The van der Waals surface area contributed by atoms with Gasteiger partial charge in [0, 0.05) is 23.4 Å². The molecule has 0 atom stereocenters. The molecule has 2 rings (SSSR count). The molecular formula is C17H15F2N3O6. The Bertz CT molecular complexity index is 876.